The third-order valence-electron chi connectivity index (χ3n) is 6.42. The van der Waals surface area contributed by atoms with Gasteiger partial charge in [-0.05, 0) is 54.7 Å². The molecule has 1 heterocycles. The van der Waals surface area contributed by atoms with Crippen molar-refractivity contribution in [3.05, 3.63) is 82.4 Å². The summed E-state index contributed by atoms with van der Waals surface area (Å²) in [6, 6.07) is 15.1. The fraction of sp³-hybridized carbons (Fsp3) is 0.385. The molecule has 5 heteroatoms. The van der Waals surface area contributed by atoms with Gasteiger partial charge in [-0.25, -0.2) is 0 Å². The van der Waals surface area contributed by atoms with Gasteiger partial charge in [0.1, 0.15) is 6.29 Å². The maximum Gasteiger partial charge on any atom is 0.229 e. The number of nitrogens with zero attached hydrogens (tertiary/aromatic N) is 1. The van der Waals surface area contributed by atoms with Gasteiger partial charge in [-0.3, -0.25) is 4.79 Å². The van der Waals surface area contributed by atoms with Gasteiger partial charge >= 0.3 is 0 Å². The summed E-state index contributed by atoms with van der Waals surface area (Å²) in [6.07, 6.45) is 4.96. The Bertz CT molecular complexity index is 943. The number of aldehydes is 1. The summed E-state index contributed by atoms with van der Waals surface area (Å²) in [5.41, 5.74) is 1.49. The van der Waals surface area contributed by atoms with Crippen molar-refractivity contribution in [3.63, 3.8) is 0 Å². The zero-order chi connectivity index (χ0) is 22.6. The van der Waals surface area contributed by atoms with E-state index in [1.165, 1.54) is 0 Å². The lowest BCUT2D eigenvalue weighted by atomic mass is 9.67. The number of likely N-dealkylation sites (tertiary alicyclic amines) is 1. The number of hydrogen-bond donors (Lipinski definition) is 0. The number of amides is 1. The molecular weight excluding hydrogens is 429 g/mol. The number of allylic oxidation sites excluding steroid dienone is 1. The van der Waals surface area contributed by atoms with Gasteiger partial charge in [0.05, 0.1) is 11.5 Å². The Balaban J connectivity index is 2.23. The first-order chi connectivity index (χ1) is 14.8. The van der Waals surface area contributed by atoms with Gasteiger partial charge in [-0.1, -0.05) is 67.4 Å². The molecule has 1 saturated heterocycles. The summed E-state index contributed by atoms with van der Waals surface area (Å²) < 4.78 is 0. The first kappa shape index (κ1) is 23.6. The molecule has 2 aromatic carbocycles. The summed E-state index contributed by atoms with van der Waals surface area (Å²) in [4.78, 5) is 27.4. The highest BCUT2D eigenvalue weighted by atomic mass is 35.5. The van der Waals surface area contributed by atoms with Gasteiger partial charge in [0.2, 0.25) is 5.91 Å². The van der Waals surface area contributed by atoms with Crippen LogP contribution in [0.2, 0.25) is 10.0 Å². The molecule has 0 N–H and O–H groups in total. The predicted octanol–water partition coefficient (Wildman–Crippen LogP) is 7.00. The zero-order valence-corrected chi connectivity index (χ0v) is 19.6. The minimum absolute atomic E-state index is 0.0169. The van der Waals surface area contributed by atoms with E-state index < -0.39 is 5.41 Å². The van der Waals surface area contributed by atoms with E-state index in [-0.39, 0.29) is 23.9 Å². The van der Waals surface area contributed by atoms with E-state index in [2.05, 4.69) is 12.6 Å². The first-order valence-electron chi connectivity index (χ1n) is 10.7. The molecule has 3 nitrogen and oxygen atoms in total. The Labute approximate surface area is 195 Å². The van der Waals surface area contributed by atoms with E-state index in [9.17, 15) is 9.59 Å². The topological polar surface area (TPSA) is 37.4 Å². The lowest BCUT2D eigenvalue weighted by molar-refractivity contribution is -0.154. The van der Waals surface area contributed by atoms with E-state index in [1.54, 1.807) is 0 Å². The van der Waals surface area contributed by atoms with Crippen LogP contribution in [0.25, 0.3) is 0 Å². The number of benzene rings is 2. The normalized spacial score (nSPS) is 24.6. The number of piperidine rings is 1. The fourth-order valence-electron chi connectivity index (χ4n) is 4.88. The molecule has 1 aliphatic heterocycles. The van der Waals surface area contributed by atoms with Crippen molar-refractivity contribution in [1.29, 1.82) is 0 Å². The van der Waals surface area contributed by atoms with Gasteiger partial charge in [0.25, 0.3) is 0 Å². The van der Waals surface area contributed by atoms with E-state index in [1.807, 2.05) is 67.3 Å². The van der Waals surface area contributed by atoms with Gasteiger partial charge in [0, 0.05) is 28.4 Å². The van der Waals surface area contributed by atoms with Crippen LogP contribution in [-0.4, -0.2) is 23.1 Å². The van der Waals surface area contributed by atoms with Gasteiger partial charge in [0.15, 0.2) is 0 Å². The number of hydrogen-bond acceptors (Lipinski definition) is 2. The predicted molar refractivity (Wildman–Crippen MR) is 128 cm³/mol. The largest absolute Gasteiger partial charge is 0.331 e. The Hall–Kier alpha value is -2.10. The molecule has 3 rings (SSSR count). The fourth-order valence-corrected chi connectivity index (χ4v) is 5.20. The van der Waals surface area contributed by atoms with Gasteiger partial charge in [-0.15, -0.1) is 6.58 Å². The lowest BCUT2D eigenvalue weighted by Crippen LogP contribution is -2.55. The molecule has 164 valence electrons. The van der Waals surface area contributed by atoms with E-state index in [4.69, 9.17) is 23.2 Å². The highest BCUT2D eigenvalue weighted by Gasteiger charge is 2.50. The Morgan fingerprint density at radius 1 is 1.16 bits per heavy atom. The van der Waals surface area contributed by atoms with Crippen molar-refractivity contribution in [2.24, 2.45) is 5.41 Å². The molecule has 0 aliphatic carbocycles. The molecule has 1 amide bonds. The Kier molecular flexibility index (Phi) is 7.61. The van der Waals surface area contributed by atoms with Crippen LogP contribution in [0.3, 0.4) is 0 Å². The third kappa shape index (κ3) is 4.88. The molecule has 0 spiro atoms. The van der Waals surface area contributed by atoms with Crippen molar-refractivity contribution in [1.82, 2.24) is 4.90 Å². The summed E-state index contributed by atoms with van der Waals surface area (Å²) in [6.45, 7) is 7.93. The first-order valence-corrected chi connectivity index (χ1v) is 11.5. The average Bonchev–Trinajstić information content (AvgIpc) is 2.75. The average molecular weight is 458 g/mol. The maximum absolute atomic E-state index is 13.9. The second kappa shape index (κ2) is 10.0. The highest BCUT2D eigenvalue weighted by Crippen LogP contribution is 2.52. The van der Waals surface area contributed by atoms with Crippen LogP contribution < -0.4 is 0 Å². The van der Waals surface area contributed by atoms with Crippen molar-refractivity contribution < 1.29 is 9.59 Å². The third-order valence-corrected chi connectivity index (χ3v) is 6.91. The lowest BCUT2D eigenvalue weighted by Gasteiger charge is -2.52. The minimum atomic E-state index is -0.603. The van der Waals surface area contributed by atoms with Gasteiger partial charge in [-0.2, -0.15) is 0 Å². The van der Waals surface area contributed by atoms with E-state index in [0.29, 0.717) is 35.7 Å². The standard InChI is InChI=1S/C26H29Cl2NO2/c1-4-14-26(3)17-23(19-7-6-8-21(28)16-19)24(18-9-11-20(27)12-10-18)29(25(26)31)22(5-2)13-15-30/h4,6-12,15-16,22-24H,1,5,13-14,17H2,2-3H3/t22?,23-,24?,26+/m1/s1. The van der Waals surface area contributed by atoms with Crippen molar-refractivity contribution >= 4 is 35.4 Å². The number of carbonyl (C=O) groups is 2. The SMILES string of the molecule is C=CC[C@@]1(C)C[C@H](c2cccc(Cl)c2)C(c2ccc(Cl)cc2)N(C(CC)CC=O)C1=O. The molecule has 2 aromatic rings. The minimum Gasteiger partial charge on any atom is -0.331 e. The molecule has 31 heavy (non-hydrogen) atoms. The zero-order valence-electron chi connectivity index (χ0n) is 18.1. The quantitative estimate of drug-likeness (QED) is 0.316. The molecule has 0 saturated carbocycles. The van der Waals surface area contributed by atoms with Crippen LogP contribution in [0, 0.1) is 5.41 Å². The molecule has 4 atom stereocenters. The van der Waals surface area contributed by atoms with Crippen LogP contribution in [0.1, 0.15) is 62.6 Å². The summed E-state index contributed by atoms with van der Waals surface area (Å²) in [5, 5.41) is 1.31. The van der Waals surface area contributed by atoms with Crippen LogP contribution in [0.4, 0.5) is 0 Å². The number of rotatable bonds is 8. The van der Waals surface area contributed by atoms with Crippen molar-refractivity contribution in [2.75, 3.05) is 0 Å². The Morgan fingerprint density at radius 2 is 1.87 bits per heavy atom. The van der Waals surface area contributed by atoms with Crippen LogP contribution in [0.5, 0.6) is 0 Å². The summed E-state index contributed by atoms with van der Waals surface area (Å²) >= 11 is 12.5. The maximum atomic E-state index is 13.9. The second-order valence-electron chi connectivity index (χ2n) is 8.59. The molecule has 0 aromatic heterocycles. The summed E-state index contributed by atoms with van der Waals surface area (Å²) in [5.74, 6) is 0.0857. The highest BCUT2D eigenvalue weighted by molar-refractivity contribution is 6.30. The monoisotopic (exact) mass is 457 g/mol. The smallest absolute Gasteiger partial charge is 0.229 e. The number of carbonyl (C=O) groups excluding carboxylic acids is 2. The molecular formula is C26H29Cl2NO2. The van der Waals surface area contributed by atoms with E-state index in [0.717, 1.165) is 17.4 Å². The van der Waals surface area contributed by atoms with Crippen LogP contribution in [-0.2, 0) is 9.59 Å². The molecule has 0 radical (unpaired) electrons. The Morgan fingerprint density at radius 3 is 2.45 bits per heavy atom. The van der Waals surface area contributed by atoms with E-state index >= 15 is 0 Å². The molecule has 2 unspecified atom stereocenters. The van der Waals surface area contributed by atoms with Crippen LogP contribution >= 0.6 is 23.2 Å². The molecule has 1 aliphatic rings. The van der Waals surface area contributed by atoms with Crippen molar-refractivity contribution in [3.8, 4) is 0 Å². The molecule has 0 bridgehead atoms. The second-order valence-corrected chi connectivity index (χ2v) is 9.47. The van der Waals surface area contributed by atoms with Crippen molar-refractivity contribution in [2.45, 2.75) is 57.5 Å². The number of halogens is 2. The van der Waals surface area contributed by atoms with Gasteiger partial charge < -0.3 is 9.69 Å². The van der Waals surface area contributed by atoms with Crippen LogP contribution in [0.15, 0.2) is 61.2 Å². The summed E-state index contributed by atoms with van der Waals surface area (Å²) in [7, 11) is 0. The molecule has 1 fully saturated rings.